The molecule has 2 N–H and O–H groups in total. The van der Waals surface area contributed by atoms with Crippen molar-refractivity contribution in [1.82, 2.24) is 0 Å². The fraction of sp³-hybridized carbons (Fsp3) is 0.500. The van der Waals surface area contributed by atoms with Gasteiger partial charge in [0.25, 0.3) is 0 Å². The molecule has 116 valence electrons. The second kappa shape index (κ2) is 8.29. The van der Waals surface area contributed by atoms with Crippen molar-refractivity contribution in [2.75, 3.05) is 11.9 Å². The number of benzene rings is 1. The SMILES string of the molecule is CC(C)CC(C)CC(=O)Nc1ccc(OCC(=O)O)cc1. The summed E-state index contributed by atoms with van der Waals surface area (Å²) in [5.74, 6) is 0.360. The first-order valence-electron chi connectivity index (χ1n) is 7.11. The van der Waals surface area contributed by atoms with Crippen LogP contribution in [0.4, 0.5) is 5.69 Å². The third kappa shape index (κ3) is 7.34. The number of carbonyl (C=O) groups is 2. The number of aliphatic carboxylic acids is 1. The number of carboxylic acid groups (broad SMARTS) is 1. The maximum Gasteiger partial charge on any atom is 0.341 e. The smallest absolute Gasteiger partial charge is 0.341 e. The molecule has 5 nitrogen and oxygen atoms in total. The molecule has 0 spiro atoms. The molecule has 0 radical (unpaired) electrons. The maximum absolute atomic E-state index is 11.9. The first kappa shape index (κ1) is 17.0. The zero-order valence-corrected chi connectivity index (χ0v) is 12.8. The zero-order chi connectivity index (χ0) is 15.8. The highest BCUT2D eigenvalue weighted by molar-refractivity contribution is 5.90. The standard InChI is InChI=1S/C16H23NO4/c1-11(2)8-12(3)9-15(18)17-13-4-6-14(7-5-13)21-10-16(19)20/h4-7,11-12H,8-10H2,1-3H3,(H,17,18)(H,19,20). The van der Waals surface area contributed by atoms with Gasteiger partial charge in [-0.25, -0.2) is 4.79 Å². The summed E-state index contributed by atoms with van der Waals surface area (Å²) in [7, 11) is 0. The monoisotopic (exact) mass is 293 g/mol. The van der Waals surface area contributed by atoms with Gasteiger partial charge in [-0.1, -0.05) is 20.8 Å². The molecule has 0 saturated heterocycles. The Hall–Kier alpha value is -2.04. The summed E-state index contributed by atoms with van der Waals surface area (Å²) < 4.78 is 5.02. The summed E-state index contributed by atoms with van der Waals surface area (Å²) in [5, 5.41) is 11.3. The quantitative estimate of drug-likeness (QED) is 0.772. The first-order valence-corrected chi connectivity index (χ1v) is 7.11. The Bertz CT molecular complexity index is 468. The van der Waals surface area contributed by atoms with Crippen molar-refractivity contribution in [3.05, 3.63) is 24.3 Å². The lowest BCUT2D eigenvalue weighted by molar-refractivity contribution is -0.139. The van der Waals surface area contributed by atoms with E-state index in [4.69, 9.17) is 9.84 Å². The van der Waals surface area contributed by atoms with Crippen molar-refractivity contribution in [1.29, 1.82) is 0 Å². The van der Waals surface area contributed by atoms with E-state index >= 15 is 0 Å². The van der Waals surface area contributed by atoms with E-state index in [1.807, 2.05) is 0 Å². The molecule has 0 saturated carbocycles. The number of hydrogen-bond acceptors (Lipinski definition) is 3. The minimum atomic E-state index is -1.02. The third-order valence-corrected chi connectivity index (χ3v) is 2.91. The third-order valence-electron chi connectivity index (χ3n) is 2.91. The molecular weight excluding hydrogens is 270 g/mol. The molecule has 0 bridgehead atoms. The number of carboxylic acids is 1. The molecule has 1 rings (SSSR count). The van der Waals surface area contributed by atoms with E-state index in [0.717, 1.165) is 6.42 Å². The predicted octanol–water partition coefficient (Wildman–Crippen LogP) is 3.16. The van der Waals surface area contributed by atoms with Crippen molar-refractivity contribution >= 4 is 17.6 Å². The van der Waals surface area contributed by atoms with E-state index in [-0.39, 0.29) is 12.5 Å². The number of ether oxygens (including phenoxy) is 1. The number of nitrogens with one attached hydrogen (secondary N) is 1. The molecule has 1 amide bonds. The Morgan fingerprint density at radius 1 is 1.19 bits per heavy atom. The van der Waals surface area contributed by atoms with E-state index < -0.39 is 5.97 Å². The summed E-state index contributed by atoms with van der Waals surface area (Å²) in [6.07, 6.45) is 1.52. The van der Waals surface area contributed by atoms with Crippen LogP contribution in [0.1, 0.15) is 33.6 Å². The Morgan fingerprint density at radius 3 is 2.33 bits per heavy atom. The minimum absolute atomic E-state index is 0.0117. The molecule has 1 aromatic carbocycles. The lowest BCUT2D eigenvalue weighted by Crippen LogP contribution is -2.16. The molecule has 1 atom stereocenters. The van der Waals surface area contributed by atoms with Gasteiger partial charge in [0.05, 0.1) is 0 Å². The number of amides is 1. The van der Waals surface area contributed by atoms with Crippen molar-refractivity contribution in [2.24, 2.45) is 11.8 Å². The Morgan fingerprint density at radius 2 is 1.81 bits per heavy atom. The van der Waals surface area contributed by atoms with Gasteiger partial charge in [0, 0.05) is 12.1 Å². The molecule has 0 aliphatic heterocycles. The van der Waals surface area contributed by atoms with Crippen molar-refractivity contribution in [2.45, 2.75) is 33.6 Å². The molecule has 0 heterocycles. The molecule has 0 aliphatic carbocycles. The highest BCUT2D eigenvalue weighted by atomic mass is 16.5. The Labute approximate surface area is 125 Å². The average molecular weight is 293 g/mol. The lowest BCUT2D eigenvalue weighted by atomic mass is 9.96. The van der Waals surface area contributed by atoms with Crippen LogP contribution in [0.15, 0.2) is 24.3 Å². The second-order valence-electron chi connectivity index (χ2n) is 5.69. The fourth-order valence-corrected chi connectivity index (χ4v) is 2.20. The number of anilines is 1. The number of rotatable bonds is 8. The molecule has 21 heavy (non-hydrogen) atoms. The average Bonchev–Trinajstić information content (AvgIpc) is 2.36. The van der Waals surface area contributed by atoms with Gasteiger partial charge in [0.2, 0.25) is 5.91 Å². The molecule has 1 aromatic rings. The van der Waals surface area contributed by atoms with Crippen molar-refractivity contribution in [3.63, 3.8) is 0 Å². The van der Waals surface area contributed by atoms with Crippen LogP contribution in [0.2, 0.25) is 0 Å². The van der Waals surface area contributed by atoms with Gasteiger partial charge in [-0.15, -0.1) is 0 Å². The molecule has 0 aromatic heterocycles. The van der Waals surface area contributed by atoms with Crippen LogP contribution in [0.5, 0.6) is 5.75 Å². The van der Waals surface area contributed by atoms with Crippen LogP contribution >= 0.6 is 0 Å². The predicted molar refractivity (Wildman–Crippen MR) is 81.4 cm³/mol. The number of carbonyl (C=O) groups excluding carboxylic acids is 1. The van der Waals surface area contributed by atoms with E-state index in [1.54, 1.807) is 24.3 Å². The summed E-state index contributed by atoms with van der Waals surface area (Å²) in [4.78, 5) is 22.3. The molecule has 5 heteroatoms. The highest BCUT2D eigenvalue weighted by Crippen LogP contribution is 2.18. The number of hydrogen-bond donors (Lipinski definition) is 2. The van der Waals surface area contributed by atoms with E-state index in [0.29, 0.717) is 29.7 Å². The molecular formula is C16H23NO4. The van der Waals surface area contributed by atoms with Gasteiger partial charge in [-0.3, -0.25) is 4.79 Å². The summed E-state index contributed by atoms with van der Waals surface area (Å²) in [6, 6.07) is 6.66. The zero-order valence-electron chi connectivity index (χ0n) is 12.8. The fourth-order valence-electron chi connectivity index (χ4n) is 2.20. The van der Waals surface area contributed by atoms with Crippen LogP contribution in [0, 0.1) is 11.8 Å². The highest BCUT2D eigenvalue weighted by Gasteiger charge is 2.11. The van der Waals surface area contributed by atoms with Crippen LogP contribution < -0.4 is 10.1 Å². The van der Waals surface area contributed by atoms with E-state index in [2.05, 4.69) is 26.1 Å². The first-order chi connectivity index (χ1) is 9.86. The molecule has 1 unspecified atom stereocenters. The van der Waals surface area contributed by atoms with Gasteiger partial charge in [0.15, 0.2) is 6.61 Å². The van der Waals surface area contributed by atoms with Gasteiger partial charge < -0.3 is 15.2 Å². The summed E-state index contributed by atoms with van der Waals surface area (Å²) >= 11 is 0. The van der Waals surface area contributed by atoms with E-state index in [9.17, 15) is 9.59 Å². The Balaban J connectivity index is 2.44. The van der Waals surface area contributed by atoms with Crippen LogP contribution in [0.3, 0.4) is 0 Å². The topological polar surface area (TPSA) is 75.6 Å². The van der Waals surface area contributed by atoms with E-state index in [1.165, 1.54) is 0 Å². The van der Waals surface area contributed by atoms with Gasteiger partial charge >= 0.3 is 5.97 Å². The maximum atomic E-state index is 11.9. The second-order valence-corrected chi connectivity index (χ2v) is 5.69. The van der Waals surface area contributed by atoms with Crippen LogP contribution in [-0.2, 0) is 9.59 Å². The van der Waals surface area contributed by atoms with Gasteiger partial charge in [-0.05, 0) is 42.5 Å². The normalized spacial score (nSPS) is 12.0. The lowest BCUT2D eigenvalue weighted by Gasteiger charge is -2.13. The Kier molecular flexibility index (Phi) is 6.72. The van der Waals surface area contributed by atoms with Crippen LogP contribution in [-0.4, -0.2) is 23.6 Å². The molecule has 0 aliphatic rings. The van der Waals surface area contributed by atoms with Gasteiger partial charge in [-0.2, -0.15) is 0 Å². The van der Waals surface area contributed by atoms with Crippen LogP contribution in [0.25, 0.3) is 0 Å². The summed E-state index contributed by atoms with van der Waals surface area (Å²) in [6.45, 7) is 5.98. The largest absolute Gasteiger partial charge is 0.482 e. The van der Waals surface area contributed by atoms with Crippen molar-refractivity contribution in [3.8, 4) is 5.75 Å². The summed E-state index contributed by atoms with van der Waals surface area (Å²) in [5.41, 5.74) is 0.680. The molecule has 0 fully saturated rings. The van der Waals surface area contributed by atoms with Gasteiger partial charge in [0.1, 0.15) is 5.75 Å². The minimum Gasteiger partial charge on any atom is -0.482 e. The van der Waals surface area contributed by atoms with Crippen molar-refractivity contribution < 1.29 is 19.4 Å².